The van der Waals surface area contributed by atoms with Crippen LogP contribution in [0, 0.1) is 6.92 Å². The zero-order chi connectivity index (χ0) is 19.6. The number of imide groups is 1. The maximum Gasteiger partial charge on any atom is 0.325 e. The minimum atomic E-state index is -1.20. The predicted molar refractivity (Wildman–Crippen MR) is 100 cm³/mol. The fourth-order valence-electron chi connectivity index (χ4n) is 3.00. The van der Waals surface area contributed by atoms with Gasteiger partial charge in [-0.15, -0.1) is 0 Å². The van der Waals surface area contributed by atoms with Crippen LogP contribution in [-0.4, -0.2) is 36.4 Å². The Hall–Kier alpha value is -3.35. The van der Waals surface area contributed by atoms with Crippen molar-refractivity contribution in [1.82, 2.24) is 10.2 Å². The van der Waals surface area contributed by atoms with Crippen molar-refractivity contribution in [2.75, 3.05) is 19.0 Å². The predicted octanol–water partition coefficient (Wildman–Crippen LogP) is 2.41. The van der Waals surface area contributed by atoms with Crippen molar-refractivity contribution in [3.63, 3.8) is 0 Å². The van der Waals surface area contributed by atoms with Gasteiger partial charge in [0.25, 0.3) is 5.91 Å². The van der Waals surface area contributed by atoms with E-state index in [1.165, 1.54) is 7.11 Å². The molecule has 27 heavy (non-hydrogen) atoms. The van der Waals surface area contributed by atoms with E-state index in [4.69, 9.17) is 4.74 Å². The number of methoxy groups -OCH3 is 1. The number of hydrogen-bond acceptors (Lipinski definition) is 4. The number of nitrogens with one attached hydrogen (secondary N) is 2. The van der Waals surface area contributed by atoms with E-state index in [2.05, 4.69) is 10.6 Å². The Balaban J connectivity index is 1.75. The van der Waals surface area contributed by atoms with E-state index < -0.39 is 23.4 Å². The van der Waals surface area contributed by atoms with Crippen molar-refractivity contribution >= 4 is 23.5 Å². The van der Waals surface area contributed by atoms with Crippen molar-refractivity contribution in [2.24, 2.45) is 0 Å². The number of aryl methyl sites for hydroxylation is 1. The highest BCUT2D eigenvalue weighted by Crippen LogP contribution is 2.29. The molecule has 0 bridgehead atoms. The van der Waals surface area contributed by atoms with Crippen LogP contribution in [0.2, 0.25) is 0 Å². The molecule has 1 heterocycles. The molecule has 4 amide bonds. The lowest BCUT2D eigenvalue weighted by Crippen LogP contribution is -2.42. The lowest BCUT2D eigenvalue weighted by molar-refractivity contribution is -0.133. The highest BCUT2D eigenvalue weighted by molar-refractivity contribution is 6.10. The number of benzene rings is 2. The third-order valence-corrected chi connectivity index (χ3v) is 4.59. The third-order valence-electron chi connectivity index (χ3n) is 4.59. The lowest BCUT2D eigenvalue weighted by atomic mass is 9.91. The number of para-hydroxylation sites is 2. The first-order valence-electron chi connectivity index (χ1n) is 8.49. The minimum Gasteiger partial charge on any atom is -0.495 e. The van der Waals surface area contributed by atoms with Crippen LogP contribution in [0.5, 0.6) is 5.75 Å². The van der Waals surface area contributed by atoms with Gasteiger partial charge in [-0.2, -0.15) is 0 Å². The topological polar surface area (TPSA) is 87.7 Å². The number of amides is 4. The molecule has 7 nitrogen and oxygen atoms in total. The molecule has 1 aliphatic heterocycles. The van der Waals surface area contributed by atoms with Crippen LogP contribution < -0.4 is 15.4 Å². The zero-order valence-electron chi connectivity index (χ0n) is 15.4. The Morgan fingerprint density at radius 1 is 1.15 bits per heavy atom. The van der Waals surface area contributed by atoms with Gasteiger partial charge in [0.05, 0.1) is 12.8 Å². The SMILES string of the molecule is COc1ccccc1NC(=O)CN1C(=O)N[C@@](C)(c2ccc(C)cc2)C1=O. The number of anilines is 1. The maximum atomic E-state index is 12.9. The smallest absolute Gasteiger partial charge is 0.325 e. The van der Waals surface area contributed by atoms with E-state index in [1.54, 1.807) is 43.3 Å². The van der Waals surface area contributed by atoms with Gasteiger partial charge in [-0.25, -0.2) is 4.79 Å². The van der Waals surface area contributed by atoms with Gasteiger partial charge < -0.3 is 15.4 Å². The second-order valence-corrected chi connectivity index (χ2v) is 6.56. The van der Waals surface area contributed by atoms with Gasteiger partial charge in [-0.1, -0.05) is 42.0 Å². The summed E-state index contributed by atoms with van der Waals surface area (Å²) in [7, 11) is 1.50. The number of hydrogen-bond donors (Lipinski definition) is 2. The quantitative estimate of drug-likeness (QED) is 0.795. The second kappa shape index (κ2) is 7.11. The Kier molecular flexibility index (Phi) is 4.85. The molecule has 1 atom stereocenters. The molecule has 7 heteroatoms. The van der Waals surface area contributed by atoms with Gasteiger partial charge >= 0.3 is 6.03 Å². The van der Waals surface area contributed by atoms with Gasteiger partial charge in [0.1, 0.15) is 17.8 Å². The number of rotatable bonds is 5. The molecular formula is C20H21N3O4. The highest BCUT2D eigenvalue weighted by Gasteiger charge is 2.49. The third kappa shape index (κ3) is 3.48. The van der Waals surface area contributed by atoms with Gasteiger partial charge in [0, 0.05) is 0 Å². The first-order valence-corrected chi connectivity index (χ1v) is 8.49. The van der Waals surface area contributed by atoms with Crippen molar-refractivity contribution in [3.05, 3.63) is 59.7 Å². The average molecular weight is 367 g/mol. The molecule has 0 aliphatic carbocycles. The van der Waals surface area contributed by atoms with Crippen LogP contribution >= 0.6 is 0 Å². The summed E-state index contributed by atoms with van der Waals surface area (Å²) in [6.07, 6.45) is 0. The molecule has 140 valence electrons. The number of nitrogens with zero attached hydrogens (tertiary/aromatic N) is 1. The lowest BCUT2D eigenvalue weighted by Gasteiger charge is -2.22. The fraction of sp³-hybridized carbons (Fsp3) is 0.250. The van der Waals surface area contributed by atoms with Gasteiger partial charge in [0.15, 0.2) is 0 Å². The molecule has 0 unspecified atom stereocenters. The molecule has 0 aromatic heterocycles. The van der Waals surface area contributed by atoms with Gasteiger partial charge in [-0.05, 0) is 31.5 Å². The summed E-state index contributed by atoms with van der Waals surface area (Å²) >= 11 is 0. The number of ether oxygens (including phenoxy) is 1. The number of carbonyl (C=O) groups excluding carboxylic acids is 3. The first kappa shape index (κ1) is 18.4. The van der Waals surface area contributed by atoms with E-state index >= 15 is 0 Å². The fourth-order valence-corrected chi connectivity index (χ4v) is 3.00. The summed E-state index contributed by atoms with van der Waals surface area (Å²) in [4.78, 5) is 38.5. The van der Waals surface area contributed by atoms with Crippen LogP contribution in [0.3, 0.4) is 0 Å². The van der Waals surface area contributed by atoms with E-state index in [0.29, 0.717) is 17.0 Å². The summed E-state index contributed by atoms with van der Waals surface area (Å²) < 4.78 is 5.18. The molecule has 1 aliphatic rings. The highest BCUT2D eigenvalue weighted by atomic mass is 16.5. The summed E-state index contributed by atoms with van der Waals surface area (Å²) in [5.74, 6) is -0.463. The normalized spacial score (nSPS) is 19.0. The molecule has 1 saturated heterocycles. The monoisotopic (exact) mass is 367 g/mol. The van der Waals surface area contributed by atoms with Crippen molar-refractivity contribution in [3.8, 4) is 5.75 Å². The van der Waals surface area contributed by atoms with Crippen molar-refractivity contribution in [2.45, 2.75) is 19.4 Å². The molecular weight excluding hydrogens is 346 g/mol. The largest absolute Gasteiger partial charge is 0.495 e. The number of urea groups is 1. The van der Waals surface area contributed by atoms with Crippen molar-refractivity contribution < 1.29 is 19.1 Å². The molecule has 3 rings (SSSR count). The summed E-state index contributed by atoms with van der Waals surface area (Å²) in [5.41, 5.74) is 0.986. The summed E-state index contributed by atoms with van der Waals surface area (Å²) in [6.45, 7) is 3.19. The molecule has 0 spiro atoms. The van der Waals surface area contributed by atoms with Gasteiger partial charge in [-0.3, -0.25) is 14.5 Å². The molecule has 1 fully saturated rings. The van der Waals surface area contributed by atoms with Crippen LogP contribution in [-0.2, 0) is 15.1 Å². The molecule has 2 N–H and O–H groups in total. The van der Waals surface area contributed by atoms with E-state index in [-0.39, 0.29) is 6.54 Å². The Labute approximate surface area is 157 Å². The van der Waals surface area contributed by atoms with Crippen LogP contribution in [0.1, 0.15) is 18.1 Å². The van der Waals surface area contributed by atoms with E-state index in [0.717, 1.165) is 10.5 Å². The maximum absolute atomic E-state index is 12.9. The molecule has 0 saturated carbocycles. The Morgan fingerprint density at radius 2 is 1.81 bits per heavy atom. The zero-order valence-corrected chi connectivity index (χ0v) is 15.4. The number of carbonyl (C=O) groups is 3. The van der Waals surface area contributed by atoms with Gasteiger partial charge in [0.2, 0.25) is 5.91 Å². The molecule has 2 aromatic rings. The standard InChI is InChI=1S/C20H21N3O4/c1-13-8-10-14(11-9-13)20(2)18(25)23(19(26)22-20)12-17(24)21-15-6-4-5-7-16(15)27-3/h4-11H,12H2,1-3H3,(H,21,24)(H,22,26)/t20-/m0/s1. The summed E-state index contributed by atoms with van der Waals surface area (Å²) in [6, 6.07) is 13.7. The van der Waals surface area contributed by atoms with Crippen LogP contribution in [0.25, 0.3) is 0 Å². The Bertz CT molecular complexity index is 894. The second-order valence-electron chi connectivity index (χ2n) is 6.56. The average Bonchev–Trinajstić information content (AvgIpc) is 2.86. The minimum absolute atomic E-state index is 0.385. The first-order chi connectivity index (χ1) is 12.8. The van der Waals surface area contributed by atoms with Crippen LogP contribution in [0.15, 0.2) is 48.5 Å². The van der Waals surface area contributed by atoms with E-state index in [1.807, 2.05) is 19.1 Å². The van der Waals surface area contributed by atoms with E-state index in [9.17, 15) is 14.4 Å². The molecule has 0 radical (unpaired) electrons. The molecule has 2 aromatic carbocycles. The Morgan fingerprint density at radius 3 is 2.48 bits per heavy atom. The van der Waals surface area contributed by atoms with Crippen molar-refractivity contribution in [1.29, 1.82) is 0 Å². The van der Waals surface area contributed by atoms with Crippen LogP contribution in [0.4, 0.5) is 10.5 Å². The summed E-state index contributed by atoms with van der Waals surface area (Å²) in [5, 5.41) is 5.36.